The average Bonchev–Trinajstić information content (AvgIpc) is 3.15. The SMILES string of the molecule is CS(=O)(=O)OC[C@@H]1OC(=O)N2c3ccc(N4CCOC4=O)cc3OC[C@@H]12. The smallest absolute Gasteiger partial charge is 0.415 e. The minimum absolute atomic E-state index is 0.116. The number of fused-ring (bicyclic) bond motifs is 3. The van der Waals surface area contributed by atoms with Gasteiger partial charge in [-0.1, -0.05) is 0 Å². The van der Waals surface area contributed by atoms with E-state index in [1.54, 1.807) is 18.2 Å². The van der Waals surface area contributed by atoms with E-state index in [1.165, 1.54) is 9.80 Å². The van der Waals surface area contributed by atoms with Crippen molar-refractivity contribution in [3.05, 3.63) is 18.2 Å². The predicted octanol–water partition coefficient (Wildman–Crippen LogP) is 0.706. The van der Waals surface area contributed by atoms with E-state index in [-0.39, 0.29) is 13.2 Å². The standard InChI is InChI=1S/C15H16N2O8S/c1-26(20,21)24-8-13-11-7-23-12-6-9(16-4-5-22-14(16)18)2-3-10(12)17(11)15(19)25-13/h2-3,6,11,13H,4-5,7-8H2,1H3/t11-,13-/m0/s1. The van der Waals surface area contributed by atoms with Gasteiger partial charge in [0.15, 0.2) is 6.10 Å². The number of ether oxygens (including phenoxy) is 3. The Morgan fingerprint density at radius 3 is 2.73 bits per heavy atom. The van der Waals surface area contributed by atoms with Crippen LogP contribution in [0.3, 0.4) is 0 Å². The monoisotopic (exact) mass is 384 g/mol. The molecule has 0 saturated carbocycles. The van der Waals surface area contributed by atoms with Gasteiger partial charge in [0.25, 0.3) is 10.1 Å². The van der Waals surface area contributed by atoms with Gasteiger partial charge < -0.3 is 14.2 Å². The second-order valence-corrected chi connectivity index (χ2v) is 7.72. The molecule has 4 rings (SSSR count). The van der Waals surface area contributed by atoms with Crippen molar-refractivity contribution in [3.8, 4) is 5.75 Å². The Morgan fingerprint density at radius 2 is 2.04 bits per heavy atom. The van der Waals surface area contributed by atoms with Crippen LogP contribution in [-0.4, -0.2) is 65.4 Å². The lowest BCUT2D eigenvalue weighted by molar-refractivity contribution is 0.0844. The van der Waals surface area contributed by atoms with Crippen LogP contribution < -0.4 is 14.5 Å². The lowest BCUT2D eigenvalue weighted by atomic mass is 10.1. The molecule has 0 N–H and O–H groups in total. The van der Waals surface area contributed by atoms with Crippen LogP contribution in [0.15, 0.2) is 18.2 Å². The third-order valence-electron chi connectivity index (χ3n) is 4.34. The molecule has 0 aromatic heterocycles. The second kappa shape index (κ2) is 6.02. The van der Waals surface area contributed by atoms with Gasteiger partial charge in [-0.05, 0) is 12.1 Å². The lowest BCUT2D eigenvalue weighted by Gasteiger charge is -2.31. The molecule has 0 unspecified atom stereocenters. The molecule has 26 heavy (non-hydrogen) atoms. The van der Waals surface area contributed by atoms with Crippen LogP contribution in [0.25, 0.3) is 0 Å². The lowest BCUT2D eigenvalue weighted by Crippen LogP contribution is -2.45. The van der Waals surface area contributed by atoms with Crippen molar-refractivity contribution in [2.24, 2.45) is 0 Å². The van der Waals surface area contributed by atoms with Crippen LogP contribution >= 0.6 is 0 Å². The van der Waals surface area contributed by atoms with E-state index >= 15 is 0 Å². The molecule has 1 aromatic rings. The Kier molecular flexibility index (Phi) is 3.92. The van der Waals surface area contributed by atoms with Gasteiger partial charge >= 0.3 is 12.2 Å². The maximum absolute atomic E-state index is 12.3. The highest BCUT2D eigenvalue weighted by Crippen LogP contribution is 2.41. The van der Waals surface area contributed by atoms with Crippen molar-refractivity contribution in [1.82, 2.24) is 0 Å². The first kappa shape index (κ1) is 16.9. The van der Waals surface area contributed by atoms with E-state index < -0.39 is 34.5 Å². The molecule has 2 atom stereocenters. The molecule has 3 heterocycles. The Hall–Kier alpha value is -2.53. The van der Waals surface area contributed by atoms with E-state index in [2.05, 4.69) is 0 Å². The molecule has 2 fully saturated rings. The van der Waals surface area contributed by atoms with Gasteiger partial charge in [-0.25, -0.2) is 9.59 Å². The summed E-state index contributed by atoms with van der Waals surface area (Å²) in [6.07, 6.45) is -0.871. The molecule has 0 radical (unpaired) electrons. The van der Waals surface area contributed by atoms with Gasteiger partial charge in [0.1, 0.15) is 31.6 Å². The maximum Gasteiger partial charge on any atom is 0.415 e. The topological polar surface area (TPSA) is 112 Å². The van der Waals surface area contributed by atoms with Crippen molar-refractivity contribution in [1.29, 1.82) is 0 Å². The van der Waals surface area contributed by atoms with Gasteiger partial charge in [0, 0.05) is 6.07 Å². The van der Waals surface area contributed by atoms with Crippen molar-refractivity contribution in [2.75, 3.05) is 42.4 Å². The zero-order valence-electron chi connectivity index (χ0n) is 13.8. The highest BCUT2D eigenvalue weighted by atomic mass is 32.2. The predicted molar refractivity (Wildman–Crippen MR) is 88.0 cm³/mol. The number of amides is 2. The van der Waals surface area contributed by atoms with Crippen LogP contribution in [0.5, 0.6) is 5.75 Å². The number of carbonyl (C=O) groups excluding carboxylic acids is 2. The first-order chi connectivity index (χ1) is 12.3. The first-order valence-electron chi connectivity index (χ1n) is 7.89. The summed E-state index contributed by atoms with van der Waals surface area (Å²) in [5, 5.41) is 0. The minimum atomic E-state index is -3.65. The highest BCUT2D eigenvalue weighted by molar-refractivity contribution is 7.85. The fourth-order valence-corrected chi connectivity index (χ4v) is 3.53. The summed E-state index contributed by atoms with van der Waals surface area (Å²) in [5.41, 5.74) is 1.10. The first-order valence-corrected chi connectivity index (χ1v) is 9.70. The summed E-state index contributed by atoms with van der Waals surface area (Å²) < 4.78 is 43.0. The number of rotatable bonds is 4. The Morgan fingerprint density at radius 1 is 1.23 bits per heavy atom. The van der Waals surface area contributed by atoms with Crippen molar-refractivity contribution in [3.63, 3.8) is 0 Å². The summed E-state index contributed by atoms with van der Waals surface area (Å²) in [5.74, 6) is 0.431. The molecule has 0 bridgehead atoms. The van der Waals surface area contributed by atoms with Crippen LogP contribution in [-0.2, 0) is 23.8 Å². The zero-order chi connectivity index (χ0) is 18.5. The molecule has 3 aliphatic heterocycles. The molecule has 2 amide bonds. The van der Waals surface area contributed by atoms with E-state index in [0.717, 1.165) is 6.26 Å². The van der Waals surface area contributed by atoms with Gasteiger partial charge in [-0.3, -0.25) is 14.0 Å². The van der Waals surface area contributed by atoms with Crippen molar-refractivity contribution in [2.45, 2.75) is 12.1 Å². The number of cyclic esters (lactones) is 2. The molecule has 140 valence electrons. The number of benzene rings is 1. The summed E-state index contributed by atoms with van der Waals surface area (Å²) in [7, 11) is -3.65. The third-order valence-corrected chi connectivity index (χ3v) is 4.91. The highest BCUT2D eigenvalue weighted by Gasteiger charge is 2.47. The number of hydrogen-bond donors (Lipinski definition) is 0. The van der Waals surface area contributed by atoms with Crippen LogP contribution in [0.1, 0.15) is 0 Å². The fraction of sp³-hybridized carbons (Fsp3) is 0.467. The normalized spacial score (nSPS) is 24.7. The number of carbonyl (C=O) groups is 2. The average molecular weight is 384 g/mol. The largest absolute Gasteiger partial charge is 0.489 e. The van der Waals surface area contributed by atoms with Crippen LogP contribution in [0.4, 0.5) is 21.0 Å². The van der Waals surface area contributed by atoms with E-state index in [4.69, 9.17) is 18.4 Å². The summed E-state index contributed by atoms with van der Waals surface area (Å²) >= 11 is 0. The molecule has 3 aliphatic rings. The summed E-state index contributed by atoms with van der Waals surface area (Å²) in [6.45, 7) is 0.600. The molecular weight excluding hydrogens is 368 g/mol. The number of nitrogens with zero attached hydrogens (tertiary/aromatic N) is 2. The van der Waals surface area contributed by atoms with Crippen LogP contribution in [0, 0.1) is 0 Å². The molecule has 10 nitrogen and oxygen atoms in total. The molecule has 0 aliphatic carbocycles. The van der Waals surface area contributed by atoms with Gasteiger partial charge in [-0.2, -0.15) is 8.42 Å². The fourth-order valence-electron chi connectivity index (χ4n) is 3.15. The Labute approximate surface area is 149 Å². The van der Waals surface area contributed by atoms with Gasteiger partial charge in [0.05, 0.1) is 24.2 Å². The van der Waals surface area contributed by atoms with E-state index in [9.17, 15) is 18.0 Å². The third kappa shape index (κ3) is 2.92. The second-order valence-electron chi connectivity index (χ2n) is 6.08. The quantitative estimate of drug-likeness (QED) is 0.698. The van der Waals surface area contributed by atoms with Gasteiger partial charge in [0.2, 0.25) is 0 Å². The molecule has 0 spiro atoms. The van der Waals surface area contributed by atoms with E-state index in [0.29, 0.717) is 30.3 Å². The van der Waals surface area contributed by atoms with Gasteiger partial charge in [-0.15, -0.1) is 0 Å². The number of anilines is 2. The maximum atomic E-state index is 12.3. The molecular formula is C15H16N2O8S. The minimum Gasteiger partial charge on any atom is -0.489 e. The molecule has 1 aromatic carbocycles. The molecule has 2 saturated heterocycles. The van der Waals surface area contributed by atoms with E-state index in [1.807, 2.05) is 0 Å². The number of hydrogen-bond acceptors (Lipinski definition) is 8. The Balaban J connectivity index is 1.57. The molecule has 11 heteroatoms. The van der Waals surface area contributed by atoms with Crippen LogP contribution in [0.2, 0.25) is 0 Å². The summed E-state index contributed by atoms with van der Waals surface area (Å²) in [6, 6.07) is 4.50. The summed E-state index contributed by atoms with van der Waals surface area (Å²) in [4.78, 5) is 26.8. The van der Waals surface area contributed by atoms with Crippen molar-refractivity contribution >= 4 is 33.7 Å². The zero-order valence-corrected chi connectivity index (χ0v) is 14.6. The Bertz CT molecular complexity index is 870. The van der Waals surface area contributed by atoms with Crippen molar-refractivity contribution < 1.29 is 36.4 Å².